The van der Waals surface area contributed by atoms with Gasteiger partial charge in [-0.3, -0.25) is 4.79 Å². The maximum absolute atomic E-state index is 11.6. The van der Waals surface area contributed by atoms with Gasteiger partial charge in [0.15, 0.2) is 0 Å². The number of benzene rings is 1. The van der Waals surface area contributed by atoms with E-state index >= 15 is 0 Å². The summed E-state index contributed by atoms with van der Waals surface area (Å²) >= 11 is 1.67. The Kier molecular flexibility index (Phi) is 5.06. The van der Waals surface area contributed by atoms with Crippen molar-refractivity contribution in [2.24, 2.45) is 0 Å². The lowest BCUT2D eigenvalue weighted by Crippen LogP contribution is -2.26. The molecule has 0 saturated carbocycles. The Labute approximate surface area is 108 Å². The quantitative estimate of drug-likeness (QED) is 0.890. The van der Waals surface area contributed by atoms with Crippen molar-refractivity contribution in [3.63, 3.8) is 0 Å². The fraction of sp³-hybridized carbons (Fsp3) is 0.500. The van der Waals surface area contributed by atoms with Crippen LogP contribution >= 0.6 is 11.8 Å². The first kappa shape index (κ1) is 14.1. The molecule has 0 radical (unpaired) electrons. The van der Waals surface area contributed by atoms with Crippen LogP contribution in [-0.4, -0.2) is 16.4 Å². The van der Waals surface area contributed by atoms with Gasteiger partial charge in [-0.1, -0.05) is 45.0 Å². The van der Waals surface area contributed by atoms with Gasteiger partial charge in [-0.25, -0.2) is 0 Å². The Morgan fingerprint density at radius 2 is 1.94 bits per heavy atom. The van der Waals surface area contributed by atoms with Crippen LogP contribution in [0, 0.1) is 6.92 Å². The number of hydrogen-bond donors (Lipinski definition) is 1. The standard InChI is InChI=1S/C14H21NOS/c1-11-7-5-6-8-12(11)9-15-13(16)10-17-14(2,3)4/h5-8H,9-10H2,1-4H3,(H,15,16). The molecule has 3 heteroatoms. The van der Waals surface area contributed by atoms with Crippen molar-refractivity contribution < 1.29 is 4.79 Å². The van der Waals surface area contributed by atoms with Crippen LogP contribution in [-0.2, 0) is 11.3 Å². The van der Waals surface area contributed by atoms with Crippen LogP contribution in [0.25, 0.3) is 0 Å². The topological polar surface area (TPSA) is 29.1 Å². The SMILES string of the molecule is Cc1ccccc1CNC(=O)CSC(C)(C)C. The highest BCUT2D eigenvalue weighted by Gasteiger charge is 2.13. The van der Waals surface area contributed by atoms with Crippen molar-refractivity contribution in [2.75, 3.05) is 5.75 Å². The Bertz CT molecular complexity index is 382. The maximum Gasteiger partial charge on any atom is 0.230 e. The van der Waals surface area contributed by atoms with Crippen molar-refractivity contribution in [3.8, 4) is 0 Å². The monoisotopic (exact) mass is 251 g/mol. The Hall–Kier alpha value is -0.960. The highest BCUT2D eigenvalue weighted by Crippen LogP contribution is 2.22. The lowest BCUT2D eigenvalue weighted by Gasteiger charge is -2.17. The molecule has 1 N–H and O–H groups in total. The molecule has 1 aromatic carbocycles. The van der Waals surface area contributed by atoms with E-state index < -0.39 is 0 Å². The number of thioether (sulfide) groups is 1. The minimum Gasteiger partial charge on any atom is -0.351 e. The molecule has 1 aromatic rings. The average Bonchev–Trinajstić information content (AvgIpc) is 2.24. The lowest BCUT2D eigenvalue weighted by atomic mass is 10.1. The smallest absolute Gasteiger partial charge is 0.230 e. The molecule has 0 unspecified atom stereocenters. The van der Waals surface area contributed by atoms with E-state index in [2.05, 4.69) is 39.1 Å². The van der Waals surface area contributed by atoms with E-state index in [4.69, 9.17) is 0 Å². The molecule has 0 fully saturated rings. The molecule has 0 aliphatic carbocycles. The molecule has 0 atom stereocenters. The first-order chi connectivity index (χ1) is 7.88. The number of carbonyl (C=O) groups excluding carboxylic acids is 1. The van der Waals surface area contributed by atoms with Gasteiger partial charge in [0.25, 0.3) is 0 Å². The summed E-state index contributed by atoms with van der Waals surface area (Å²) < 4.78 is 0.139. The highest BCUT2D eigenvalue weighted by atomic mass is 32.2. The molecule has 1 rings (SSSR count). The summed E-state index contributed by atoms with van der Waals surface area (Å²) in [7, 11) is 0. The summed E-state index contributed by atoms with van der Waals surface area (Å²) in [5.74, 6) is 0.628. The van der Waals surface area contributed by atoms with Crippen LogP contribution in [0.2, 0.25) is 0 Å². The van der Waals surface area contributed by atoms with Gasteiger partial charge in [0.2, 0.25) is 5.91 Å². The molecule has 0 spiro atoms. The third-order valence-electron chi connectivity index (χ3n) is 2.37. The molecule has 2 nitrogen and oxygen atoms in total. The second kappa shape index (κ2) is 6.10. The predicted octanol–water partition coefficient (Wildman–Crippen LogP) is 3.14. The van der Waals surface area contributed by atoms with Crippen molar-refractivity contribution in [1.29, 1.82) is 0 Å². The van der Waals surface area contributed by atoms with E-state index in [1.165, 1.54) is 11.1 Å². The summed E-state index contributed by atoms with van der Waals surface area (Å²) in [6.45, 7) is 9.03. The summed E-state index contributed by atoms with van der Waals surface area (Å²) in [4.78, 5) is 11.6. The normalized spacial score (nSPS) is 11.3. The fourth-order valence-corrected chi connectivity index (χ4v) is 2.00. The molecule has 0 saturated heterocycles. The van der Waals surface area contributed by atoms with Crippen molar-refractivity contribution >= 4 is 17.7 Å². The number of nitrogens with one attached hydrogen (secondary N) is 1. The predicted molar refractivity (Wildman–Crippen MR) is 75.2 cm³/mol. The third-order valence-corrected chi connectivity index (χ3v) is 3.65. The van der Waals surface area contributed by atoms with E-state index in [-0.39, 0.29) is 10.7 Å². The maximum atomic E-state index is 11.6. The number of carbonyl (C=O) groups is 1. The first-order valence-corrected chi connectivity index (χ1v) is 6.82. The van der Waals surface area contributed by atoms with E-state index in [0.29, 0.717) is 12.3 Å². The molecule has 94 valence electrons. The zero-order valence-corrected chi connectivity index (χ0v) is 11.9. The number of hydrogen-bond acceptors (Lipinski definition) is 2. The zero-order valence-electron chi connectivity index (χ0n) is 11.0. The van der Waals surface area contributed by atoms with Gasteiger partial charge in [0.05, 0.1) is 5.75 Å². The number of aryl methyl sites for hydroxylation is 1. The van der Waals surface area contributed by atoms with Gasteiger partial charge < -0.3 is 5.32 Å². The fourth-order valence-electron chi connectivity index (χ4n) is 1.34. The summed E-state index contributed by atoms with van der Waals surface area (Å²) in [5.41, 5.74) is 2.40. The highest BCUT2D eigenvalue weighted by molar-refractivity contribution is 8.01. The second-order valence-electron chi connectivity index (χ2n) is 5.10. The molecule has 17 heavy (non-hydrogen) atoms. The van der Waals surface area contributed by atoms with Gasteiger partial charge in [0.1, 0.15) is 0 Å². The summed E-state index contributed by atoms with van der Waals surface area (Å²) in [5, 5.41) is 2.95. The van der Waals surface area contributed by atoms with E-state index in [1.54, 1.807) is 11.8 Å². The molecule has 0 aliphatic rings. The van der Waals surface area contributed by atoms with Crippen LogP contribution in [0.15, 0.2) is 24.3 Å². The molecule has 0 bridgehead atoms. The van der Waals surface area contributed by atoms with Crippen LogP contribution in [0.3, 0.4) is 0 Å². The van der Waals surface area contributed by atoms with Crippen LogP contribution in [0.1, 0.15) is 31.9 Å². The van der Waals surface area contributed by atoms with Gasteiger partial charge >= 0.3 is 0 Å². The van der Waals surface area contributed by atoms with Gasteiger partial charge in [0, 0.05) is 11.3 Å². The second-order valence-corrected chi connectivity index (χ2v) is 6.91. The van der Waals surface area contributed by atoms with Gasteiger partial charge in [-0.05, 0) is 18.1 Å². The Morgan fingerprint density at radius 1 is 1.29 bits per heavy atom. The third kappa shape index (κ3) is 5.78. The van der Waals surface area contributed by atoms with Crippen molar-refractivity contribution in [1.82, 2.24) is 5.32 Å². The molecular formula is C14H21NOS. The number of rotatable bonds is 4. The summed E-state index contributed by atoms with van der Waals surface area (Å²) in [6.07, 6.45) is 0. The largest absolute Gasteiger partial charge is 0.351 e. The van der Waals surface area contributed by atoms with Crippen LogP contribution in [0.4, 0.5) is 0 Å². The van der Waals surface area contributed by atoms with E-state index in [1.807, 2.05) is 18.2 Å². The summed E-state index contributed by atoms with van der Waals surface area (Å²) in [6, 6.07) is 8.12. The molecular weight excluding hydrogens is 230 g/mol. The number of amides is 1. The van der Waals surface area contributed by atoms with Crippen molar-refractivity contribution in [2.45, 2.75) is 39.0 Å². The van der Waals surface area contributed by atoms with E-state index in [9.17, 15) is 4.79 Å². The van der Waals surface area contributed by atoms with Gasteiger partial charge in [-0.15, -0.1) is 11.8 Å². The molecule has 0 heterocycles. The molecule has 1 amide bonds. The van der Waals surface area contributed by atoms with Crippen LogP contribution in [0.5, 0.6) is 0 Å². The Balaban J connectivity index is 2.36. The average molecular weight is 251 g/mol. The minimum atomic E-state index is 0.105. The van der Waals surface area contributed by atoms with E-state index in [0.717, 1.165) is 0 Å². The zero-order chi connectivity index (χ0) is 12.9. The Morgan fingerprint density at radius 3 is 2.53 bits per heavy atom. The minimum absolute atomic E-state index is 0.105. The van der Waals surface area contributed by atoms with Gasteiger partial charge in [-0.2, -0.15) is 0 Å². The van der Waals surface area contributed by atoms with Crippen LogP contribution < -0.4 is 5.32 Å². The van der Waals surface area contributed by atoms with Crippen molar-refractivity contribution in [3.05, 3.63) is 35.4 Å². The molecule has 0 aromatic heterocycles. The first-order valence-electron chi connectivity index (χ1n) is 5.83. The molecule has 0 aliphatic heterocycles. The lowest BCUT2D eigenvalue weighted by molar-refractivity contribution is -0.118.